The van der Waals surface area contributed by atoms with E-state index < -0.39 is 26.7 Å². The molecule has 3 aliphatic rings. The van der Waals surface area contributed by atoms with E-state index in [1.165, 1.54) is 0 Å². The molecule has 0 radical (unpaired) electrons. The van der Waals surface area contributed by atoms with Crippen LogP contribution in [0, 0.1) is 5.92 Å². The van der Waals surface area contributed by atoms with Crippen molar-refractivity contribution in [2.75, 3.05) is 0 Å². The molecular formula is C26H40O6Si. The van der Waals surface area contributed by atoms with Crippen LogP contribution in [0.1, 0.15) is 79.6 Å². The van der Waals surface area contributed by atoms with Crippen molar-refractivity contribution in [2.24, 2.45) is 5.92 Å². The monoisotopic (exact) mass is 476 g/mol. The van der Waals surface area contributed by atoms with Gasteiger partial charge in [-0.3, -0.25) is 4.79 Å². The molecule has 6 atom stereocenters. The SMILES string of the molecule is CC(C)[Si](O[C@@H](C)[C@@H]1O[C@H](c2ccccc2)O[C@H]2O[C@@]3(CCC(=O)O3)C[C@H]21)(C(C)C)C(C)C. The highest BCUT2D eigenvalue weighted by atomic mass is 28.4. The second-order valence-corrected chi connectivity index (χ2v) is 16.3. The van der Waals surface area contributed by atoms with Crippen LogP contribution in [0.15, 0.2) is 30.3 Å². The van der Waals surface area contributed by atoms with E-state index in [1.54, 1.807) is 0 Å². The van der Waals surface area contributed by atoms with Gasteiger partial charge in [0, 0.05) is 24.3 Å². The Morgan fingerprint density at radius 3 is 2.15 bits per heavy atom. The van der Waals surface area contributed by atoms with Gasteiger partial charge in [0.05, 0.1) is 18.6 Å². The summed E-state index contributed by atoms with van der Waals surface area (Å²) < 4.78 is 32.0. The molecule has 7 heteroatoms. The van der Waals surface area contributed by atoms with Gasteiger partial charge in [-0.05, 0) is 23.5 Å². The molecule has 3 aliphatic heterocycles. The Labute approximate surface area is 199 Å². The minimum Gasteiger partial charge on any atom is -0.433 e. The van der Waals surface area contributed by atoms with Gasteiger partial charge in [0.15, 0.2) is 12.6 Å². The first-order valence-corrected chi connectivity index (χ1v) is 14.7. The Morgan fingerprint density at radius 2 is 1.61 bits per heavy atom. The van der Waals surface area contributed by atoms with Gasteiger partial charge in [0.1, 0.15) is 0 Å². The summed E-state index contributed by atoms with van der Waals surface area (Å²) in [6, 6.07) is 9.94. The zero-order valence-corrected chi connectivity index (χ0v) is 22.1. The maximum atomic E-state index is 11.9. The molecule has 3 fully saturated rings. The van der Waals surface area contributed by atoms with Gasteiger partial charge < -0.3 is 23.4 Å². The number of esters is 1. The number of hydrogen-bond acceptors (Lipinski definition) is 6. The van der Waals surface area contributed by atoms with Crippen LogP contribution in [0.2, 0.25) is 16.6 Å². The van der Waals surface area contributed by atoms with Gasteiger partial charge >= 0.3 is 5.97 Å². The van der Waals surface area contributed by atoms with E-state index in [0.717, 1.165) is 5.56 Å². The molecule has 3 heterocycles. The predicted octanol–water partition coefficient (Wildman–Crippen LogP) is 6.08. The number of hydrogen-bond donors (Lipinski definition) is 0. The normalized spacial score (nSPS) is 33.2. The smallest absolute Gasteiger partial charge is 0.308 e. The van der Waals surface area contributed by atoms with Crippen molar-refractivity contribution >= 4 is 14.3 Å². The molecule has 0 saturated carbocycles. The number of ether oxygens (including phenoxy) is 4. The third-order valence-electron chi connectivity index (χ3n) is 7.83. The first kappa shape index (κ1) is 24.9. The summed E-state index contributed by atoms with van der Waals surface area (Å²) >= 11 is 0. The number of rotatable bonds is 7. The van der Waals surface area contributed by atoms with Gasteiger partial charge in [-0.25, -0.2) is 0 Å². The molecule has 0 amide bonds. The predicted molar refractivity (Wildman–Crippen MR) is 128 cm³/mol. The van der Waals surface area contributed by atoms with E-state index in [9.17, 15) is 4.79 Å². The van der Waals surface area contributed by atoms with E-state index in [1.807, 2.05) is 30.3 Å². The van der Waals surface area contributed by atoms with Gasteiger partial charge in [0.2, 0.25) is 14.1 Å². The lowest BCUT2D eigenvalue weighted by atomic mass is 9.91. The molecule has 0 N–H and O–H groups in total. The summed E-state index contributed by atoms with van der Waals surface area (Å²) in [6.45, 7) is 15.9. The largest absolute Gasteiger partial charge is 0.433 e. The molecule has 6 nitrogen and oxygen atoms in total. The Morgan fingerprint density at radius 1 is 0.970 bits per heavy atom. The average Bonchev–Trinajstić information content (AvgIpc) is 3.31. The van der Waals surface area contributed by atoms with Crippen molar-refractivity contribution in [1.29, 1.82) is 0 Å². The summed E-state index contributed by atoms with van der Waals surface area (Å²) in [5.41, 5.74) is 2.37. The maximum absolute atomic E-state index is 11.9. The molecule has 1 aromatic carbocycles. The van der Waals surface area contributed by atoms with E-state index in [4.69, 9.17) is 23.4 Å². The molecular weight excluding hydrogens is 436 g/mol. The molecule has 3 saturated heterocycles. The van der Waals surface area contributed by atoms with Crippen molar-refractivity contribution in [3.05, 3.63) is 35.9 Å². The molecule has 0 aromatic heterocycles. The molecule has 33 heavy (non-hydrogen) atoms. The van der Waals surface area contributed by atoms with Crippen LogP contribution in [-0.2, 0) is 28.2 Å². The third kappa shape index (κ3) is 4.55. The third-order valence-corrected chi connectivity index (χ3v) is 14.0. The second-order valence-electron chi connectivity index (χ2n) is 10.9. The Bertz CT molecular complexity index is 806. The zero-order chi connectivity index (χ0) is 24.0. The molecule has 184 valence electrons. The fourth-order valence-corrected chi connectivity index (χ4v) is 12.0. The van der Waals surface area contributed by atoms with Crippen molar-refractivity contribution < 1.29 is 28.2 Å². The fourth-order valence-electron chi connectivity index (χ4n) is 6.45. The average molecular weight is 477 g/mol. The lowest BCUT2D eigenvalue weighted by molar-refractivity contribution is -0.345. The summed E-state index contributed by atoms with van der Waals surface area (Å²) in [4.78, 5) is 11.9. The lowest BCUT2D eigenvalue weighted by Gasteiger charge is -2.47. The van der Waals surface area contributed by atoms with E-state index in [2.05, 4.69) is 48.5 Å². The van der Waals surface area contributed by atoms with Crippen LogP contribution in [0.4, 0.5) is 0 Å². The highest BCUT2D eigenvalue weighted by Crippen LogP contribution is 2.51. The van der Waals surface area contributed by atoms with E-state index >= 15 is 0 Å². The summed E-state index contributed by atoms with van der Waals surface area (Å²) in [6.07, 6.45) is 0.0933. The highest BCUT2D eigenvalue weighted by Gasteiger charge is 2.59. The highest BCUT2D eigenvalue weighted by molar-refractivity contribution is 6.77. The van der Waals surface area contributed by atoms with Gasteiger partial charge in [0.25, 0.3) is 0 Å². The quantitative estimate of drug-likeness (QED) is 0.351. The maximum Gasteiger partial charge on any atom is 0.308 e. The molecule has 1 aromatic rings. The first-order valence-electron chi connectivity index (χ1n) is 12.5. The second kappa shape index (κ2) is 9.42. The van der Waals surface area contributed by atoms with Crippen LogP contribution < -0.4 is 0 Å². The number of carbonyl (C=O) groups excluding carboxylic acids is 1. The van der Waals surface area contributed by atoms with Crippen LogP contribution in [0.5, 0.6) is 0 Å². The fraction of sp³-hybridized carbons (Fsp3) is 0.731. The van der Waals surface area contributed by atoms with Crippen molar-refractivity contribution in [2.45, 2.75) is 115 Å². The number of fused-ring (bicyclic) bond motifs is 1. The molecule has 4 rings (SSSR count). The van der Waals surface area contributed by atoms with Crippen LogP contribution in [0.25, 0.3) is 0 Å². The zero-order valence-electron chi connectivity index (χ0n) is 21.1. The number of carbonyl (C=O) groups is 1. The minimum absolute atomic E-state index is 0.0657. The van der Waals surface area contributed by atoms with E-state index in [0.29, 0.717) is 35.9 Å². The molecule has 0 aliphatic carbocycles. The van der Waals surface area contributed by atoms with Gasteiger partial charge in [-0.1, -0.05) is 71.9 Å². The Hall–Kier alpha value is -1.25. The lowest BCUT2D eigenvalue weighted by Crippen LogP contribution is -2.55. The van der Waals surface area contributed by atoms with Gasteiger partial charge in [-0.2, -0.15) is 0 Å². The van der Waals surface area contributed by atoms with Crippen LogP contribution in [-0.4, -0.2) is 38.6 Å². The topological polar surface area (TPSA) is 63.2 Å². The van der Waals surface area contributed by atoms with E-state index in [-0.39, 0.29) is 24.1 Å². The van der Waals surface area contributed by atoms with Crippen LogP contribution >= 0.6 is 0 Å². The number of benzene rings is 1. The van der Waals surface area contributed by atoms with Crippen molar-refractivity contribution in [3.63, 3.8) is 0 Å². The van der Waals surface area contributed by atoms with Crippen LogP contribution in [0.3, 0.4) is 0 Å². The first-order chi connectivity index (χ1) is 15.6. The standard InChI is InChI=1S/C26H40O6Si/c1-16(2)33(17(3)4,18(5)6)32-19(7)23-21-15-26(14-13-22(27)30-26)31-25(21)29-24(28-23)20-11-9-8-10-12-20/h8-12,16-19,21,23-25H,13-15H2,1-7H3/t19-,21-,23-,24-,25-,26-/m0/s1. The summed E-state index contributed by atoms with van der Waals surface area (Å²) in [5, 5.41) is 0. The molecule has 1 spiro atoms. The van der Waals surface area contributed by atoms with Crippen molar-refractivity contribution in [1.82, 2.24) is 0 Å². The molecule has 0 bridgehead atoms. The Kier molecular flexibility index (Phi) is 7.09. The summed E-state index contributed by atoms with van der Waals surface area (Å²) in [5.74, 6) is -1.17. The van der Waals surface area contributed by atoms with Crippen molar-refractivity contribution in [3.8, 4) is 0 Å². The Balaban J connectivity index is 1.64. The minimum atomic E-state index is -2.12. The van der Waals surface area contributed by atoms with Gasteiger partial charge in [-0.15, -0.1) is 0 Å². The summed E-state index contributed by atoms with van der Waals surface area (Å²) in [7, 11) is -2.12. The molecule has 0 unspecified atom stereocenters.